The van der Waals surface area contributed by atoms with E-state index in [0.29, 0.717) is 5.56 Å². The van der Waals surface area contributed by atoms with E-state index in [4.69, 9.17) is 5.26 Å². The molecule has 0 radical (unpaired) electrons. The van der Waals surface area contributed by atoms with Crippen molar-refractivity contribution in [1.82, 2.24) is 10.6 Å². The van der Waals surface area contributed by atoms with Crippen molar-refractivity contribution >= 4 is 11.8 Å². The first-order valence-corrected chi connectivity index (χ1v) is 8.55. The van der Waals surface area contributed by atoms with E-state index in [-0.39, 0.29) is 22.9 Å². The van der Waals surface area contributed by atoms with Gasteiger partial charge in [-0.3, -0.25) is 9.59 Å². The second kappa shape index (κ2) is 8.84. The van der Waals surface area contributed by atoms with Crippen LogP contribution >= 0.6 is 0 Å². The van der Waals surface area contributed by atoms with Crippen LogP contribution in [0.2, 0.25) is 0 Å². The van der Waals surface area contributed by atoms with Gasteiger partial charge in [-0.2, -0.15) is 5.26 Å². The number of nitrogens with zero attached hydrogens (tertiary/aromatic N) is 1. The van der Waals surface area contributed by atoms with E-state index in [9.17, 15) is 9.59 Å². The van der Waals surface area contributed by atoms with Crippen LogP contribution in [0.5, 0.6) is 0 Å². The van der Waals surface area contributed by atoms with Gasteiger partial charge >= 0.3 is 0 Å². The third-order valence-electron chi connectivity index (χ3n) is 4.24. The van der Waals surface area contributed by atoms with Gasteiger partial charge in [0.1, 0.15) is 0 Å². The summed E-state index contributed by atoms with van der Waals surface area (Å²) in [4.78, 5) is 24.3. The summed E-state index contributed by atoms with van der Waals surface area (Å²) in [6, 6.07) is 6.48. The van der Waals surface area contributed by atoms with Gasteiger partial charge in [-0.1, -0.05) is 25.0 Å². The Balaban J connectivity index is 2.12. The van der Waals surface area contributed by atoms with E-state index in [1.54, 1.807) is 6.07 Å². The minimum Gasteiger partial charge on any atom is -0.355 e. The van der Waals surface area contributed by atoms with Crippen LogP contribution in [0, 0.1) is 11.3 Å². The van der Waals surface area contributed by atoms with Crippen LogP contribution < -0.4 is 10.6 Å². The van der Waals surface area contributed by atoms with Gasteiger partial charge in [-0.05, 0) is 50.0 Å². The molecule has 1 aromatic carbocycles. The fourth-order valence-electron chi connectivity index (χ4n) is 2.72. The zero-order chi connectivity index (χ0) is 18.2. The fourth-order valence-corrected chi connectivity index (χ4v) is 2.72. The van der Waals surface area contributed by atoms with Crippen LogP contribution in [0.3, 0.4) is 0 Å². The Morgan fingerprint density at radius 1 is 1.20 bits per heavy atom. The molecule has 1 aromatic rings. The molecule has 2 amide bonds. The van der Waals surface area contributed by atoms with Gasteiger partial charge in [0, 0.05) is 18.3 Å². The van der Waals surface area contributed by atoms with Crippen LogP contribution in [0.15, 0.2) is 41.6 Å². The van der Waals surface area contributed by atoms with Crippen LogP contribution in [0.25, 0.3) is 0 Å². The molecular weight excluding hydrogens is 314 g/mol. The molecule has 5 heteroatoms. The lowest BCUT2D eigenvalue weighted by atomic mass is 9.97. The van der Waals surface area contributed by atoms with Gasteiger partial charge in [0.2, 0.25) is 0 Å². The first-order chi connectivity index (χ1) is 12.1. The third-order valence-corrected chi connectivity index (χ3v) is 4.24. The summed E-state index contributed by atoms with van der Waals surface area (Å²) in [5.41, 5.74) is 3.10. The average molecular weight is 337 g/mol. The molecule has 0 atom stereocenters. The van der Waals surface area contributed by atoms with Crippen molar-refractivity contribution in [3.8, 4) is 6.07 Å². The molecule has 0 aliphatic heterocycles. The Morgan fingerprint density at radius 2 is 2.00 bits per heavy atom. The number of unbranched alkanes of at least 4 members (excludes halogenated alkanes) is 1. The first-order valence-electron chi connectivity index (χ1n) is 8.55. The lowest BCUT2D eigenvalue weighted by Gasteiger charge is -2.16. The largest absolute Gasteiger partial charge is 0.355 e. The van der Waals surface area contributed by atoms with E-state index in [0.717, 1.165) is 25.0 Å². The maximum atomic E-state index is 12.4. The number of hydrogen-bond donors (Lipinski definition) is 2. The van der Waals surface area contributed by atoms with Crippen LogP contribution in [-0.2, 0) is 0 Å². The lowest BCUT2D eigenvalue weighted by Crippen LogP contribution is -2.25. The molecule has 0 heterocycles. The van der Waals surface area contributed by atoms with Gasteiger partial charge < -0.3 is 10.6 Å². The van der Waals surface area contributed by atoms with E-state index in [2.05, 4.69) is 23.6 Å². The monoisotopic (exact) mass is 337 g/mol. The Kier molecular flexibility index (Phi) is 6.53. The summed E-state index contributed by atoms with van der Waals surface area (Å²) in [7, 11) is 1.49. The molecule has 2 N–H and O–H groups in total. The molecule has 130 valence electrons. The van der Waals surface area contributed by atoms with Gasteiger partial charge in [0.15, 0.2) is 0 Å². The molecular formula is C20H23N3O2. The Hall–Kier alpha value is -2.87. The first kappa shape index (κ1) is 18.5. The number of allylic oxidation sites excluding steroid dienone is 4. The molecule has 2 rings (SSSR count). The van der Waals surface area contributed by atoms with Crippen molar-refractivity contribution in [2.24, 2.45) is 0 Å². The topological polar surface area (TPSA) is 82.0 Å². The van der Waals surface area contributed by atoms with Gasteiger partial charge in [0.05, 0.1) is 17.2 Å². The van der Waals surface area contributed by atoms with Crippen molar-refractivity contribution < 1.29 is 9.59 Å². The normalized spacial score (nSPS) is 13.3. The fraction of sp³-hybridized carbons (Fsp3) is 0.350. The second-order valence-electron chi connectivity index (χ2n) is 6.03. The molecule has 0 unspecified atom stereocenters. The van der Waals surface area contributed by atoms with Crippen molar-refractivity contribution in [3.05, 3.63) is 58.3 Å². The highest BCUT2D eigenvalue weighted by atomic mass is 16.2. The molecule has 0 aromatic heterocycles. The van der Waals surface area contributed by atoms with E-state index in [1.807, 2.05) is 12.1 Å². The molecule has 5 nitrogen and oxygen atoms in total. The second-order valence-corrected chi connectivity index (χ2v) is 6.03. The third kappa shape index (κ3) is 4.80. The zero-order valence-corrected chi connectivity index (χ0v) is 14.7. The summed E-state index contributed by atoms with van der Waals surface area (Å²) < 4.78 is 0. The molecule has 0 saturated heterocycles. The van der Waals surface area contributed by atoms with Crippen molar-refractivity contribution in [1.29, 1.82) is 5.26 Å². The summed E-state index contributed by atoms with van der Waals surface area (Å²) in [5, 5.41) is 14.5. The predicted octanol–water partition coefficient (Wildman–Crippen LogP) is 3.44. The minimum atomic E-state index is -0.383. The zero-order valence-electron chi connectivity index (χ0n) is 14.7. The maximum absolute atomic E-state index is 12.4. The van der Waals surface area contributed by atoms with Crippen LogP contribution in [-0.4, -0.2) is 18.9 Å². The number of nitrogens with one attached hydrogen (secondary N) is 2. The molecule has 0 saturated carbocycles. The molecule has 25 heavy (non-hydrogen) atoms. The molecule has 0 spiro atoms. The number of rotatable bonds is 6. The molecule has 1 aliphatic rings. The number of nitriles is 1. The minimum absolute atomic E-state index is 0.206. The quantitative estimate of drug-likeness (QED) is 0.834. The molecule has 0 bridgehead atoms. The Morgan fingerprint density at radius 3 is 2.60 bits per heavy atom. The number of amides is 2. The van der Waals surface area contributed by atoms with Crippen LogP contribution in [0.1, 0.15) is 65.3 Å². The summed E-state index contributed by atoms with van der Waals surface area (Å²) in [6.07, 6.45) is 9.29. The van der Waals surface area contributed by atoms with Gasteiger partial charge in [-0.25, -0.2) is 0 Å². The van der Waals surface area contributed by atoms with Crippen molar-refractivity contribution in [2.45, 2.75) is 39.0 Å². The number of hydrogen-bond acceptors (Lipinski definition) is 3. The SMILES string of the molecule is CCCCC1=CC=C(NC(=O)c2ccc(C#N)c(C(=O)NC)c2)CC1. The predicted molar refractivity (Wildman–Crippen MR) is 96.9 cm³/mol. The molecule has 0 fully saturated rings. The van der Waals surface area contributed by atoms with Gasteiger partial charge in [-0.15, -0.1) is 0 Å². The highest BCUT2D eigenvalue weighted by molar-refractivity contribution is 6.01. The van der Waals surface area contributed by atoms with E-state index >= 15 is 0 Å². The van der Waals surface area contributed by atoms with Gasteiger partial charge in [0.25, 0.3) is 11.8 Å². The summed E-state index contributed by atoms with van der Waals surface area (Å²) >= 11 is 0. The standard InChI is InChI=1S/C20H23N3O2/c1-3-4-5-14-6-10-17(11-7-14)23-19(24)15-8-9-16(13-21)18(12-15)20(25)22-2/h6,8-10,12H,3-5,7,11H2,1-2H3,(H,22,25)(H,23,24). The van der Waals surface area contributed by atoms with Crippen molar-refractivity contribution in [2.75, 3.05) is 7.05 Å². The molecule has 1 aliphatic carbocycles. The van der Waals surface area contributed by atoms with Crippen LogP contribution in [0.4, 0.5) is 0 Å². The number of benzene rings is 1. The van der Waals surface area contributed by atoms with Crippen molar-refractivity contribution in [3.63, 3.8) is 0 Å². The Labute approximate surface area is 148 Å². The summed E-state index contributed by atoms with van der Waals surface area (Å²) in [5.74, 6) is -0.655. The average Bonchev–Trinajstić information content (AvgIpc) is 2.66. The highest BCUT2D eigenvalue weighted by Gasteiger charge is 2.16. The lowest BCUT2D eigenvalue weighted by molar-refractivity contribution is 0.0962. The smallest absolute Gasteiger partial charge is 0.255 e. The van der Waals surface area contributed by atoms with E-state index < -0.39 is 0 Å². The highest BCUT2D eigenvalue weighted by Crippen LogP contribution is 2.21. The number of carbonyl (C=O) groups is 2. The Bertz CT molecular complexity index is 770. The number of carbonyl (C=O) groups excluding carboxylic acids is 2. The summed E-state index contributed by atoms with van der Waals surface area (Å²) in [6.45, 7) is 2.18. The van der Waals surface area contributed by atoms with E-state index in [1.165, 1.54) is 37.6 Å². The maximum Gasteiger partial charge on any atom is 0.255 e.